The van der Waals surface area contributed by atoms with Crippen molar-refractivity contribution in [3.63, 3.8) is 0 Å². The molecule has 3 rings (SSSR count). The first-order valence-corrected chi connectivity index (χ1v) is 7.33. The number of rotatable bonds is 2. The maximum atomic E-state index is 12.6. The third-order valence-electron chi connectivity index (χ3n) is 4.67. The van der Waals surface area contributed by atoms with E-state index in [-0.39, 0.29) is 17.9 Å². The van der Waals surface area contributed by atoms with Gasteiger partial charge in [-0.15, -0.1) is 0 Å². The van der Waals surface area contributed by atoms with Gasteiger partial charge in [-0.25, -0.2) is 0 Å². The number of hydrogen-bond acceptors (Lipinski definition) is 3. The van der Waals surface area contributed by atoms with Crippen molar-refractivity contribution < 1.29 is 9.90 Å². The summed E-state index contributed by atoms with van der Waals surface area (Å²) in [5.74, 6) is 0.264. The fourth-order valence-corrected chi connectivity index (χ4v) is 3.04. The molecule has 1 saturated heterocycles. The lowest BCUT2D eigenvalue weighted by molar-refractivity contribution is -0.166. The van der Waals surface area contributed by atoms with E-state index < -0.39 is 5.60 Å². The van der Waals surface area contributed by atoms with Crippen LogP contribution in [-0.4, -0.2) is 41.1 Å². The van der Waals surface area contributed by atoms with Crippen LogP contribution in [0.15, 0.2) is 24.3 Å². The number of amides is 1. The van der Waals surface area contributed by atoms with Crippen molar-refractivity contribution in [1.29, 1.82) is 0 Å². The molecule has 4 heteroatoms. The Morgan fingerprint density at radius 3 is 2.80 bits per heavy atom. The smallest absolute Gasteiger partial charge is 0.244 e. The van der Waals surface area contributed by atoms with Gasteiger partial charge in [-0.2, -0.15) is 0 Å². The molecule has 0 radical (unpaired) electrons. The van der Waals surface area contributed by atoms with Crippen molar-refractivity contribution in [3.05, 3.63) is 35.4 Å². The number of β-amino-alcohol motifs (C(OH)–C–C–N with tert-alkyl or cyclic N) is 1. The van der Waals surface area contributed by atoms with E-state index in [1.807, 2.05) is 32.0 Å². The van der Waals surface area contributed by atoms with E-state index in [0.29, 0.717) is 13.1 Å². The van der Waals surface area contributed by atoms with E-state index >= 15 is 0 Å². The molecule has 2 N–H and O–H groups in total. The Hall–Kier alpha value is -1.39. The molecule has 1 fully saturated rings. The number of nitrogens with one attached hydrogen (secondary N) is 1. The van der Waals surface area contributed by atoms with Gasteiger partial charge in [0.05, 0.1) is 13.1 Å². The molecule has 1 atom stereocenters. The number of nitrogens with zero attached hydrogens (tertiary/aromatic N) is 1. The molecular formula is C16H22N2O2. The van der Waals surface area contributed by atoms with E-state index in [9.17, 15) is 9.90 Å². The van der Waals surface area contributed by atoms with Gasteiger partial charge in [0.15, 0.2) is 0 Å². The monoisotopic (exact) mass is 274 g/mol. The van der Waals surface area contributed by atoms with Crippen LogP contribution >= 0.6 is 0 Å². The first kappa shape index (κ1) is 13.6. The molecule has 1 aromatic rings. The number of likely N-dealkylation sites (tertiary alicyclic amines) is 1. The molecular weight excluding hydrogens is 252 g/mol. The van der Waals surface area contributed by atoms with Crippen LogP contribution in [0.1, 0.15) is 31.0 Å². The zero-order chi connectivity index (χ0) is 14.3. The molecule has 1 aromatic carbocycles. The maximum Gasteiger partial charge on any atom is 0.244 e. The molecule has 2 heterocycles. The van der Waals surface area contributed by atoms with Crippen molar-refractivity contribution in [1.82, 2.24) is 10.2 Å². The maximum absolute atomic E-state index is 12.6. The minimum Gasteiger partial charge on any atom is -0.386 e. The minimum atomic E-state index is -0.705. The van der Waals surface area contributed by atoms with Gasteiger partial charge in [0.1, 0.15) is 11.6 Å². The van der Waals surface area contributed by atoms with Crippen LogP contribution in [-0.2, 0) is 11.2 Å². The molecule has 1 amide bonds. The molecule has 20 heavy (non-hydrogen) atoms. The first-order chi connectivity index (χ1) is 9.51. The van der Waals surface area contributed by atoms with Crippen LogP contribution in [0.5, 0.6) is 0 Å². The minimum absolute atomic E-state index is 0.0856. The molecule has 108 valence electrons. The average Bonchev–Trinajstić information content (AvgIpc) is 2.42. The van der Waals surface area contributed by atoms with Crippen LogP contribution in [0.25, 0.3) is 0 Å². The van der Waals surface area contributed by atoms with Crippen LogP contribution in [0.3, 0.4) is 0 Å². The number of carbonyl (C=O) groups excluding carboxylic acids is 1. The summed E-state index contributed by atoms with van der Waals surface area (Å²) in [4.78, 5) is 14.4. The third kappa shape index (κ3) is 2.13. The van der Waals surface area contributed by atoms with Crippen LogP contribution in [0.2, 0.25) is 0 Å². The van der Waals surface area contributed by atoms with Crippen molar-refractivity contribution in [3.8, 4) is 0 Å². The number of carbonyl (C=O) groups is 1. The number of hydrogen-bond donors (Lipinski definition) is 2. The molecule has 1 unspecified atom stereocenters. The molecule has 2 aliphatic heterocycles. The number of benzene rings is 1. The topological polar surface area (TPSA) is 52.6 Å². The SMILES string of the molecule is CC(C)C1(O)CN(C(=O)C2NCCc3ccccc32)C1. The summed E-state index contributed by atoms with van der Waals surface area (Å²) in [6.07, 6.45) is 0.968. The highest BCUT2D eigenvalue weighted by Crippen LogP contribution is 2.32. The van der Waals surface area contributed by atoms with Crippen LogP contribution < -0.4 is 5.32 Å². The Kier molecular flexibility index (Phi) is 3.30. The second kappa shape index (κ2) is 4.86. The van der Waals surface area contributed by atoms with Crippen LogP contribution in [0.4, 0.5) is 0 Å². The quantitative estimate of drug-likeness (QED) is 0.849. The normalized spacial score (nSPS) is 24.2. The summed E-state index contributed by atoms with van der Waals surface area (Å²) in [5.41, 5.74) is 1.64. The first-order valence-electron chi connectivity index (χ1n) is 7.33. The predicted molar refractivity (Wildman–Crippen MR) is 77.3 cm³/mol. The highest BCUT2D eigenvalue weighted by Gasteiger charge is 2.47. The van der Waals surface area contributed by atoms with Gasteiger partial charge >= 0.3 is 0 Å². The largest absolute Gasteiger partial charge is 0.386 e. The Morgan fingerprint density at radius 2 is 2.10 bits per heavy atom. The summed E-state index contributed by atoms with van der Waals surface area (Å²) in [6, 6.07) is 7.87. The van der Waals surface area contributed by atoms with Crippen LogP contribution in [0, 0.1) is 5.92 Å². The lowest BCUT2D eigenvalue weighted by Crippen LogP contribution is -2.67. The summed E-state index contributed by atoms with van der Waals surface area (Å²) in [6.45, 7) is 5.72. The molecule has 0 aliphatic carbocycles. The summed E-state index contributed by atoms with van der Waals surface area (Å²) < 4.78 is 0. The summed E-state index contributed by atoms with van der Waals surface area (Å²) in [7, 11) is 0. The van der Waals surface area contributed by atoms with Gasteiger partial charge in [0.2, 0.25) is 5.91 Å². The summed E-state index contributed by atoms with van der Waals surface area (Å²) >= 11 is 0. The van der Waals surface area contributed by atoms with E-state index in [4.69, 9.17) is 0 Å². The standard InChI is InChI=1S/C16H22N2O2/c1-11(2)16(20)9-18(10-16)15(19)14-13-6-4-3-5-12(13)7-8-17-14/h3-6,11,14,17,20H,7-10H2,1-2H3. The van der Waals surface area contributed by atoms with Gasteiger partial charge < -0.3 is 15.3 Å². The Bertz CT molecular complexity index is 521. The lowest BCUT2D eigenvalue weighted by Gasteiger charge is -2.50. The van der Waals surface area contributed by atoms with E-state index in [2.05, 4.69) is 11.4 Å². The van der Waals surface area contributed by atoms with Gasteiger partial charge in [0, 0.05) is 6.54 Å². The second-order valence-corrected chi connectivity index (χ2v) is 6.29. The molecule has 0 bridgehead atoms. The molecule has 2 aliphatic rings. The third-order valence-corrected chi connectivity index (χ3v) is 4.67. The fraction of sp³-hybridized carbons (Fsp3) is 0.562. The van der Waals surface area contributed by atoms with Crippen molar-refractivity contribution >= 4 is 5.91 Å². The second-order valence-electron chi connectivity index (χ2n) is 6.29. The van der Waals surface area contributed by atoms with Crippen molar-refractivity contribution in [2.45, 2.75) is 31.9 Å². The molecule has 0 spiro atoms. The zero-order valence-corrected chi connectivity index (χ0v) is 12.1. The van der Waals surface area contributed by atoms with Gasteiger partial charge in [-0.05, 0) is 23.5 Å². The van der Waals surface area contributed by atoms with E-state index in [0.717, 1.165) is 18.5 Å². The molecule has 0 saturated carbocycles. The molecule has 0 aromatic heterocycles. The average molecular weight is 274 g/mol. The number of fused-ring (bicyclic) bond motifs is 1. The number of aliphatic hydroxyl groups is 1. The molecule has 4 nitrogen and oxygen atoms in total. The van der Waals surface area contributed by atoms with Gasteiger partial charge in [-0.3, -0.25) is 4.79 Å². The van der Waals surface area contributed by atoms with Gasteiger partial charge in [-0.1, -0.05) is 38.1 Å². The van der Waals surface area contributed by atoms with Crippen molar-refractivity contribution in [2.24, 2.45) is 5.92 Å². The Morgan fingerprint density at radius 1 is 1.40 bits per heavy atom. The highest BCUT2D eigenvalue weighted by molar-refractivity contribution is 5.85. The zero-order valence-electron chi connectivity index (χ0n) is 12.1. The van der Waals surface area contributed by atoms with Crippen molar-refractivity contribution in [2.75, 3.05) is 19.6 Å². The predicted octanol–water partition coefficient (Wildman–Crippen LogP) is 1.10. The van der Waals surface area contributed by atoms with Gasteiger partial charge in [0.25, 0.3) is 0 Å². The summed E-state index contributed by atoms with van der Waals surface area (Å²) in [5, 5.41) is 13.6. The Balaban J connectivity index is 1.74. The fourth-order valence-electron chi connectivity index (χ4n) is 3.04. The lowest BCUT2D eigenvalue weighted by atomic mass is 9.82. The van der Waals surface area contributed by atoms with E-state index in [1.54, 1.807) is 4.90 Å². The van der Waals surface area contributed by atoms with E-state index in [1.165, 1.54) is 5.56 Å². The highest BCUT2D eigenvalue weighted by atomic mass is 16.3. The Labute approximate surface area is 119 Å².